The lowest BCUT2D eigenvalue weighted by molar-refractivity contribution is 0.580. The molecule has 0 aliphatic rings. The van der Waals surface area contributed by atoms with Crippen LogP contribution >= 0.6 is 0 Å². The summed E-state index contributed by atoms with van der Waals surface area (Å²) in [7, 11) is 0. The SMILES string of the molecule is CC(C)NCCc1coc2ccc(C(C)(C)C)cc12. The molecule has 2 heteroatoms. The second kappa shape index (κ2) is 5.38. The molecule has 0 aliphatic carbocycles. The van der Waals surface area contributed by atoms with Crippen molar-refractivity contribution in [2.45, 2.75) is 52.5 Å². The van der Waals surface area contributed by atoms with E-state index in [1.54, 1.807) is 0 Å². The smallest absolute Gasteiger partial charge is 0.134 e. The van der Waals surface area contributed by atoms with Gasteiger partial charge in [0.1, 0.15) is 5.58 Å². The highest BCUT2D eigenvalue weighted by atomic mass is 16.3. The van der Waals surface area contributed by atoms with E-state index in [2.05, 4.69) is 58.1 Å². The average molecular weight is 259 g/mol. The van der Waals surface area contributed by atoms with Crippen molar-refractivity contribution in [3.63, 3.8) is 0 Å². The van der Waals surface area contributed by atoms with Gasteiger partial charge in [0.05, 0.1) is 6.26 Å². The molecule has 1 aromatic heterocycles. The summed E-state index contributed by atoms with van der Waals surface area (Å²) in [5.41, 5.74) is 3.83. The number of nitrogens with one attached hydrogen (secondary N) is 1. The number of hydrogen-bond acceptors (Lipinski definition) is 2. The van der Waals surface area contributed by atoms with Gasteiger partial charge in [-0.1, -0.05) is 40.7 Å². The third-order valence-corrected chi connectivity index (χ3v) is 3.47. The second-order valence-corrected chi connectivity index (χ2v) is 6.58. The van der Waals surface area contributed by atoms with Crippen LogP contribution in [0.15, 0.2) is 28.9 Å². The summed E-state index contributed by atoms with van der Waals surface area (Å²) in [4.78, 5) is 0. The Labute approximate surface area is 116 Å². The van der Waals surface area contributed by atoms with Crippen molar-refractivity contribution < 1.29 is 4.42 Å². The van der Waals surface area contributed by atoms with E-state index < -0.39 is 0 Å². The van der Waals surface area contributed by atoms with Crippen LogP contribution in [0.25, 0.3) is 11.0 Å². The third kappa shape index (κ3) is 3.38. The maximum atomic E-state index is 5.65. The molecule has 2 nitrogen and oxygen atoms in total. The van der Waals surface area contributed by atoms with Gasteiger partial charge in [0, 0.05) is 11.4 Å². The Balaban J connectivity index is 2.25. The molecule has 2 aromatic rings. The van der Waals surface area contributed by atoms with Crippen LogP contribution in [0, 0.1) is 0 Å². The molecule has 0 aliphatic heterocycles. The van der Waals surface area contributed by atoms with Crippen LogP contribution in [0.4, 0.5) is 0 Å². The van der Waals surface area contributed by atoms with Crippen LogP contribution in [0.2, 0.25) is 0 Å². The van der Waals surface area contributed by atoms with Gasteiger partial charge in [-0.2, -0.15) is 0 Å². The molecule has 2 rings (SSSR count). The average Bonchev–Trinajstić information content (AvgIpc) is 2.70. The summed E-state index contributed by atoms with van der Waals surface area (Å²) < 4.78 is 5.65. The summed E-state index contributed by atoms with van der Waals surface area (Å²) in [6.07, 6.45) is 2.91. The van der Waals surface area contributed by atoms with E-state index >= 15 is 0 Å². The van der Waals surface area contributed by atoms with Crippen molar-refractivity contribution in [3.8, 4) is 0 Å². The molecule has 0 saturated carbocycles. The van der Waals surface area contributed by atoms with Gasteiger partial charge >= 0.3 is 0 Å². The lowest BCUT2D eigenvalue weighted by atomic mass is 9.86. The van der Waals surface area contributed by atoms with Crippen molar-refractivity contribution in [1.29, 1.82) is 0 Å². The van der Waals surface area contributed by atoms with E-state index in [1.807, 2.05) is 6.26 Å². The molecule has 0 unspecified atom stereocenters. The molecule has 0 saturated heterocycles. The summed E-state index contributed by atoms with van der Waals surface area (Å²) in [6.45, 7) is 12.1. The normalized spacial score (nSPS) is 12.5. The molecule has 1 aromatic carbocycles. The molecule has 0 radical (unpaired) electrons. The van der Waals surface area contributed by atoms with E-state index in [0.717, 1.165) is 18.5 Å². The summed E-state index contributed by atoms with van der Waals surface area (Å²) in [5, 5.41) is 4.71. The molecule has 104 valence electrons. The van der Waals surface area contributed by atoms with Gasteiger partial charge in [0.25, 0.3) is 0 Å². The quantitative estimate of drug-likeness (QED) is 0.887. The van der Waals surface area contributed by atoms with E-state index in [9.17, 15) is 0 Å². The standard InChI is InChI=1S/C17H25NO/c1-12(2)18-9-8-13-11-19-16-7-6-14(10-15(13)16)17(3,4)5/h6-7,10-12,18H,8-9H2,1-5H3. The zero-order chi connectivity index (χ0) is 14.0. The van der Waals surface area contributed by atoms with Crippen LogP contribution in [0.3, 0.4) is 0 Å². The molecule has 1 N–H and O–H groups in total. The van der Waals surface area contributed by atoms with Crippen molar-refractivity contribution in [1.82, 2.24) is 5.32 Å². The fourth-order valence-corrected chi connectivity index (χ4v) is 2.24. The highest BCUT2D eigenvalue weighted by Gasteiger charge is 2.15. The maximum Gasteiger partial charge on any atom is 0.134 e. The van der Waals surface area contributed by atoms with Crippen molar-refractivity contribution in [2.24, 2.45) is 0 Å². The Morgan fingerprint density at radius 3 is 2.58 bits per heavy atom. The minimum absolute atomic E-state index is 0.179. The van der Waals surface area contributed by atoms with E-state index in [4.69, 9.17) is 4.42 Å². The minimum Gasteiger partial charge on any atom is -0.464 e. The summed E-state index contributed by atoms with van der Waals surface area (Å²) in [5.74, 6) is 0. The van der Waals surface area contributed by atoms with E-state index in [-0.39, 0.29) is 5.41 Å². The number of rotatable bonds is 4. The van der Waals surface area contributed by atoms with Crippen LogP contribution in [-0.2, 0) is 11.8 Å². The lowest BCUT2D eigenvalue weighted by Crippen LogP contribution is -2.24. The molecule has 0 atom stereocenters. The zero-order valence-corrected chi connectivity index (χ0v) is 12.7. The maximum absolute atomic E-state index is 5.65. The molecule has 0 bridgehead atoms. The number of furan rings is 1. The van der Waals surface area contributed by atoms with Gasteiger partial charge in [0.15, 0.2) is 0 Å². The largest absolute Gasteiger partial charge is 0.464 e. The van der Waals surface area contributed by atoms with Crippen LogP contribution in [-0.4, -0.2) is 12.6 Å². The molecular formula is C17H25NO. The Bertz CT molecular complexity index is 546. The number of hydrogen-bond donors (Lipinski definition) is 1. The van der Waals surface area contributed by atoms with Crippen LogP contribution < -0.4 is 5.32 Å². The van der Waals surface area contributed by atoms with E-state index in [1.165, 1.54) is 16.5 Å². The van der Waals surface area contributed by atoms with Gasteiger partial charge in [-0.25, -0.2) is 0 Å². The number of benzene rings is 1. The third-order valence-electron chi connectivity index (χ3n) is 3.47. The number of fused-ring (bicyclic) bond motifs is 1. The van der Waals surface area contributed by atoms with Gasteiger partial charge in [-0.3, -0.25) is 0 Å². The molecular weight excluding hydrogens is 234 g/mol. The fraction of sp³-hybridized carbons (Fsp3) is 0.529. The first-order valence-corrected chi connectivity index (χ1v) is 7.12. The van der Waals surface area contributed by atoms with E-state index in [0.29, 0.717) is 6.04 Å². The Morgan fingerprint density at radius 1 is 1.21 bits per heavy atom. The zero-order valence-electron chi connectivity index (χ0n) is 12.7. The Kier molecular flexibility index (Phi) is 4.00. The highest BCUT2D eigenvalue weighted by molar-refractivity contribution is 5.82. The van der Waals surface area contributed by atoms with Crippen LogP contribution in [0.1, 0.15) is 45.7 Å². The monoisotopic (exact) mass is 259 g/mol. The predicted octanol–water partition coefficient (Wildman–Crippen LogP) is 4.27. The van der Waals surface area contributed by atoms with Crippen LogP contribution in [0.5, 0.6) is 0 Å². The Morgan fingerprint density at radius 2 is 1.95 bits per heavy atom. The first-order valence-electron chi connectivity index (χ1n) is 7.12. The van der Waals surface area contributed by atoms with Gasteiger partial charge < -0.3 is 9.73 Å². The van der Waals surface area contributed by atoms with Gasteiger partial charge in [0.2, 0.25) is 0 Å². The van der Waals surface area contributed by atoms with Gasteiger partial charge in [-0.15, -0.1) is 0 Å². The second-order valence-electron chi connectivity index (χ2n) is 6.58. The summed E-state index contributed by atoms with van der Waals surface area (Å²) in [6, 6.07) is 7.07. The molecule has 0 amide bonds. The predicted molar refractivity (Wildman–Crippen MR) is 81.8 cm³/mol. The molecule has 0 spiro atoms. The summed E-state index contributed by atoms with van der Waals surface area (Å²) >= 11 is 0. The van der Waals surface area contributed by atoms with Gasteiger partial charge in [-0.05, 0) is 41.6 Å². The topological polar surface area (TPSA) is 25.2 Å². The minimum atomic E-state index is 0.179. The Hall–Kier alpha value is -1.28. The fourth-order valence-electron chi connectivity index (χ4n) is 2.24. The first-order chi connectivity index (χ1) is 8.88. The molecule has 1 heterocycles. The van der Waals surface area contributed by atoms with Crippen molar-refractivity contribution in [3.05, 3.63) is 35.6 Å². The highest BCUT2D eigenvalue weighted by Crippen LogP contribution is 2.29. The van der Waals surface area contributed by atoms with Crippen molar-refractivity contribution >= 4 is 11.0 Å². The molecule has 0 fully saturated rings. The van der Waals surface area contributed by atoms with Crippen molar-refractivity contribution in [2.75, 3.05) is 6.54 Å². The molecule has 19 heavy (non-hydrogen) atoms. The lowest BCUT2D eigenvalue weighted by Gasteiger charge is -2.18. The first kappa shape index (κ1) is 14.1.